The van der Waals surface area contributed by atoms with E-state index in [1.54, 1.807) is 42.6 Å². The molecule has 0 radical (unpaired) electrons. The van der Waals surface area contributed by atoms with Crippen molar-refractivity contribution in [1.29, 1.82) is 0 Å². The van der Waals surface area contributed by atoms with Crippen LogP contribution in [0.5, 0.6) is 10.9 Å². The molecule has 1 amide bonds. The van der Waals surface area contributed by atoms with Gasteiger partial charge in [0.15, 0.2) is 0 Å². The van der Waals surface area contributed by atoms with Gasteiger partial charge >= 0.3 is 0 Å². The first-order chi connectivity index (χ1) is 13.3. The van der Waals surface area contributed by atoms with Crippen molar-refractivity contribution in [1.82, 2.24) is 10.3 Å². The Labute approximate surface area is 173 Å². The summed E-state index contributed by atoms with van der Waals surface area (Å²) in [5, 5.41) is 4.08. The van der Waals surface area contributed by atoms with Gasteiger partial charge in [-0.1, -0.05) is 52.5 Å². The lowest BCUT2D eigenvalue weighted by atomic mass is 10.0. The first-order valence-electron chi connectivity index (χ1n) is 8.62. The molecule has 3 aromatic rings. The number of carbonyl (C=O) groups excluding carboxylic acids is 1. The molecule has 1 N–H and O–H groups in total. The zero-order valence-corrected chi connectivity index (χ0v) is 17.3. The third-order valence-electron chi connectivity index (χ3n) is 3.74. The van der Waals surface area contributed by atoms with Gasteiger partial charge in [0.1, 0.15) is 10.6 Å². The lowest BCUT2D eigenvalue weighted by molar-refractivity contribution is 0.0930. The van der Waals surface area contributed by atoms with Gasteiger partial charge in [0.2, 0.25) is 0 Å². The van der Waals surface area contributed by atoms with Gasteiger partial charge in [0.05, 0.1) is 11.7 Å². The number of hydrogen-bond donors (Lipinski definition) is 1. The molecule has 0 fully saturated rings. The van der Waals surface area contributed by atoms with Crippen molar-refractivity contribution in [3.05, 3.63) is 75.8 Å². The minimum Gasteiger partial charge on any atom is -0.431 e. The topological polar surface area (TPSA) is 51.2 Å². The number of halogens is 1. The van der Waals surface area contributed by atoms with E-state index in [1.807, 2.05) is 32.9 Å². The molecule has 0 aliphatic rings. The van der Waals surface area contributed by atoms with E-state index in [-0.39, 0.29) is 5.91 Å². The summed E-state index contributed by atoms with van der Waals surface area (Å²) in [6, 6.07) is 14.5. The number of ether oxygens (including phenoxy) is 1. The molecule has 0 saturated carbocycles. The number of carbonyl (C=O) groups is 1. The van der Waals surface area contributed by atoms with Crippen LogP contribution in [0, 0.1) is 18.8 Å². The van der Waals surface area contributed by atoms with Gasteiger partial charge in [-0.25, -0.2) is 4.98 Å². The van der Waals surface area contributed by atoms with Crippen molar-refractivity contribution in [2.24, 2.45) is 0 Å². The average molecular weight is 411 g/mol. The highest BCUT2D eigenvalue weighted by Gasteiger charge is 2.18. The van der Waals surface area contributed by atoms with Gasteiger partial charge in [-0.3, -0.25) is 4.79 Å². The van der Waals surface area contributed by atoms with E-state index in [4.69, 9.17) is 16.3 Å². The van der Waals surface area contributed by atoms with E-state index >= 15 is 0 Å². The minimum absolute atomic E-state index is 0.157. The number of nitrogens with zero attached hydrogens (tertiary/aromatic N) is 1. The maximum atomic E-state index is 12.4. The summed E-state index contributed by atoms with van der Waals surface area (Å²) in [5.74, 6) is 6.64. The third-order valence-corrected chi connectivity index (χ3v) is 4.78. The summed E-state index contributed by atoms with van der Waals surface area (Å²) in [4.78, 5) is 17.4. The second kappa shape index (κ2) is 8.47. The summed E-state index contributed by atoms with van der Waals surface area (Å²) < 4.78 is 5.69. The number of hydrogen-bond acceptors (Lipinski definition) is 4. The first kappa shape index (κ1) is 19.9. The smallest absolute Gasteiger partial charge is 0.279 e. The van der Waals surface area contributed by atoms with Crippen LogP contribution in [-0.4, -0.2) is 16.4 Å². The fraction of sp³-hybridized carbons (Fsp3) is 0.182. The molecule has 6 heteroatoms. The Morgan fingerprint density at radius 2 is 1.82 bits per heavy atom. The highest BCUT2D eigenvalue weighted by Crippen LogP contribution is 2.27. The van der Waals surface area contributed by atoms with Gasteiger partial charge in [0, 0.05) is 10.6 Å². The van der Waals surface area contributed by atoms with Gasteiger partial charge in [-0.2, -0.15) is 0 Å². The maximum Gasteiger partial charge on any atom is 0.279 e. The summed E-state index contributed by atoms with van der Waals surface area (Å²) in [5.41, 5.74) is 1.03. The van der Waals surface area contributed by atoms with E-state index in [2.05, 4.69) is 22.1 Å². The number of aromatic nitrogens is 1. The molecular formula is C22H19ClN2O2S. The predicted octanol–water partition coefficient (Wildman–Crippen LogP) is 5.46. The average Bonchev–Trinajstić information content (AvgIpc) is 3.10. The number of nitrogens with one attached hydrogen (secondary N) is 1. The van der Waals surface area contributed by atoms with Crippen molar-refractivity contribution in [3.8, 4) is 22.8 Å². The van der Waals surface area contributed by atoms with Crippen LogP contribution in [0.15, 0.2) is 54.7 Å². The van der Waals surface area contributed by atoms with Crippen molar-refractivity contribution in [2.45, 2.75) is 26.3 Å². The highest BCUT2D eigenvalue weighted by molar-refractivity contribution is 7.13. The molecule has 2 aromatic carbocycles. The molecule has 3 rings (SSSR count). The molecule has 0 bridgehead atoms. The number of aryl methyl sites for hydroxylation is 1. The molecule has 1 aromatic heterocycles. The molecule has 0 spiro atoms. The quantitative estimate of drug-likeness (QED) is 0.581. The van der Waals surface area contributed by atoms with Crippen LogP contribution in [0.4, 0.5) is 0 Å². The minimum atomic E-state index is -0.691. The Morgan fingerprint density at radius 1 is 1.14 bits per heavy atom. The van der Waals surface area contributed by atoms with Gasteiger partial charge in [0.25, 0.3) is 11.1 Å². The van der Waals surface area contributed by atoms with Crippen molar-refractivity contribution >= 4 is 28.8 Å². The number of thiazole rings is 1. The number of benzene rings is 2. The molecule has 28 heavy (non-hydrogen) atoms. The largest absolute Gasteiger partial charge is 0.431 e. The normalized spacial score (nSPS) is 10.7. The zero-order valence-electron chi connectivity index (χ0n) is 15.7. The standard InChI is InChI=1S/C22H19ClN2O2S/c1-15-4-6-16(7-5-15)20(26)25-22(2,3)13-12-19-14-24-21(28-19)27-18-10-8-17(23)9-11-18/h4-11,14H,1-3H3,(H,25,26). The Hall–Kier alpha value is -2.81. The molecular weight excluding hydrogens is 392 g/mol. The van der Waals surface area contributed by atoms with E-state index in [0.29, 0.717) is 21.5 Å². The molecule has 0 aliphatic heterocycles. The van der Waals surface area contributed by atoms with Crippen molar-refractivity contribution < 1.29 is 9.53 Å². The molecule has 0 atom stereocenters. The fourth-order valence-corrected chi connectivity index (χ4v) is 3.04. The van der Waals surface area contributed by atoms with E-state index in [9.17, 15) is 4.79 Å². The second-order valence-corrected chi connectivity index (χ2v) is 8.17. The molecule has 1 heterocycles. The maximum absolute atomic E-state index is 12.4. The Morgan fingerprint density at radius 3 is 2.50 bits per heavy atom. The van der Waals surface area contributed by atoms with Crippen LogP contribution in [0.25, 0.3) is 0 Å². The van der Waals surface area contributed by atoms with Gasteiger partial charge in [-0.05, 0) is 57.2 Å². The number of amides is 1. The Balaban J connectivity index is 1.64. The van der Waals surface area contributed by atoms with Crippen LogP contribution < -0.4 is 10.1 Å². The highest BCUT2D eigenvalue weighted by atomic mass is 35.5. The number of rotatable bonds is 4. The van der Waals surface area contributed by atoms with Gasteiger partial charge in [-0.15, -0.1) is 0 Å². The summed E-state index contributed by atoms with van der Waals surface area (Å²) >= 11 is 7.20. The van der Waals surface area contributed by atoms with Gasteiger partial charge < -0.3 is 10.1 Å². The van der Waals surface area contributed by atoms with Crippen LogP contribution in [0.1, 0.15) is 34.6 Å². The molecule has 0 aliphatic carbocycles. The van der Waals surface area contributed by atoms with Crippen molar-refractivity contribution in [3.63, 3.8) is 0 Å². The lowest BCUT2D eigenvalue weighted by Crippen LogP contribution is -2.42. The van der Waals surface area contributed by atoms with E-state index < -0.39 is 5.54 Å². The monoisotopic (exact) mass is 410 g/mol. The third kappa shape index (κ3) is 5.59. The molecule has 142 valence electrons. The lowest BCUT2D eigenvalue weighted by Gasteiger charge is -2.19. The molecule has 0 saturated heterocycles. The van der Waals surface area contributed by atoms with Crippen LogP contribution in [0.3, 0.4) is 0 Å². The Bertz CT molecular complexity index is 1030. The second-order valence-electron chi connectivity index (χ2n) is 6.74. The zero-order chi connectivity index (χ0) is 20.1. The van der Waals surface area contributed by atoms with Crippen LogP contribution in [0.2, 0.25) is 5.02 Å². The Kier molecular flexibility index (Phi) is 6.03. The summed E-state index contributed by atoms with van der Waals surface area (Å²) in [7, 11) is 0. The summed E-state index contributed by atoms with van der Waals surface area (Å²) in [6.07, 6.45) is 1.65. The van der Waals surface area contributed by atoms with Crippen molar-refractivity contribution in [2.75, 3.05) is 0 Å². The van der Waals surface area contributed by atoms with Crippen LogP contribution in [-0.2, 0) is 0 Å². The SMILES string of the molecule is Cc1ccc(C(=O)NC(C)(C)C#Cc2cnc(Oc3ccc(Cl)cc3)s2)cc1. The summed E-state index contributed by atoms with van der Waals surface area (Å²) in [6.45, 7) is 5.70. The van der Waals surface area contributed by atoms with E-state index in [0.717, 1.165) is 10.4 Å². The molecule has 4 nitrogen and oxygen atoms in total. The first-order valence-corrected chi connectivity index (χ1v) is 9.82. The van der Waals surface area contributed by atoms with Crippen LogP contribution >= 0.6 is 22.9 Å². The van der Waals surface area contributed by atoms with E-state index in [1.165, 1.54) is 11.3 Å². The fourth-order valence-electron chi connectivity index (χ4n) is 2.28. The molecule has 0 unspecified atom stereocenters. The predicted molar refractivity (Wildman–Crippen MR) is 113 cm³/mol.